The summed E-state index contributed by atoms with van der Waals surface area (Å²) in [5, 5.41) is 0. The molecule has 0 aliphatic carbocycles. The molecular weight excluding hydrogens is 318 g/mol. The summed E-state index contributed by atoms with van der Waals surface area (Å²) in [6, 6.07) is 8.26. The number of aryl methyl sites for hydroxylation is 1. The fourth-order valence-electron chi connectivity index (χ4n) is 1.73. The minimum atomic E-state index is -0.797. The van der Waals surface area contributed by atoms with Crippen molar-refractivity contribution in [2.45, 2.75) is 24.6 Å². The molecule has 0 bridgehead atoms. The van der Waals surface area contributed by atoms with Crippen molar-refractivity contribution < 1.29 is 8.78 Å². The average molecular weight is 331 g/mol. The minimum Gasteiger partial charge on any atom is -0.204 e. The molecule has 1 atom stereocenters. The molecule has 0 saturated heterocycles. The van der Waals surface area contributed by atoms with Crippen LogP contribution in [0.3, 0.4) is 0 Å². The summed E-state index contributed by atoms with van der Waals surface area (Å²) in [6.45, 7) is 2.12. The highest BCUT2D eigenvalue weighted by atomic mass is 79.9. The first-order valence-electron chi connectivity index (χ1n) is 5.76. The molecule has 0 N–H and O–H groups in total. The molecule has 0 aliphatic heterocycles. The third-order valence-corrected chi connectivity index (χ3v) is 5.20. The van der Waals surface area contributed by atoms with Gasteiger partial charge in [-0.2, -0.15) is 0 Å². The standard InChI is InChI=1S/C14H13BrF2S/c1-2-10-4-6-14(18-10)11(15)7-9-3-5-12(16)13(17)8-9/h3-6,8,11H,2,7H2,1H3. The van der Waals surface area contributed by atoms with Crippen molar-refractivity contribution in [3.63, 3.8) is 0 Å². The van der Waals surface area contributed by atoms with E-state index in [0.717, 1.165) is 12.0 Å². The van der Waals surface area contributed by atoms with Crippen LogP contribution in [-0.4, -0.2) is 0 Å². The maximum absolute atomic E-state index is 13.1. The number of rotatable bonds is 4. The van der Waals surface area contributed by atoms with Gasteiger partial charge in [0.25, 0.3) is 0 Å². The van der Waals surface area contributed by atoms with E-state index in [1.807, 2.05) is 0 Å². The van der Waals surface area contributed by atoms with Crippen molar-refractivity contribution in [3.8, 4) is 0 Å². The second kappa shape index (κ2) is 5.93. The Morgan fingerprint density at radius 1 is 1.17 bits per heavy atom. The van der Waals surface area contributed by atoms with Crippen LogP contribution in [0.2, 0.25) is 0 Å². The zero-order chi connectivity index (χ0) is 13.1. The lowest BCUT2D eigenvalue weighted by Crippen LogP contribution is -1.95. The van der Waals surface area contributed by atoms with Crippen LogP contribution in [-0.2, 0) is 12.8 Å². The Kier molecular flexibility index (Phi) is 4.51. The third-order valence-electron chi connectivity index (χ3n) is 2.74. The van der Waals surface area contributed by atoms with Gasteiger partial charge in [0.05, 0.1) is 4.83 Å². The van der Waals surface area contributed by atoms with Crippen LogP contribution in [0.1, 0.15) is 27.1 Å². The predicted octanol–water partition coefficient (Wildman–Crippen LogP) is 5.27. The van der Waals surface area contributed by atoms with Gasteiger partial charge in [0.15, 0.2) is 11.6 Å². The topological polar surface area (TPSA) is 0 Å². The Bertz CT molecular complexity index is 536. The van der Waals surface area contributed by atoms with Gasteiger partial charge in [-0.3, -0.25) is 0 Å². The maximum Gasteiger partial charge on any atom is 0.159 e. The number of benzene rings is 1. The van der Waals surface area contributed by atoms with E-state index in [1.54, 1.807) is 17.4 Å². The zero-order valence-corrected chi connectivity index (χ0v) is 12.3. The SMILES string of the molecule is CCc1ccc(C(Br)Cc2ccc(F)c(F)c2)s1. The van der Waals surface area contributed by atoms with Crippen LogP contribution in [0.15, 0.2) is 30.3 Å². The molecule has 0 saturated carbocycles. The molecule has 0 radical (unpaired) electrons. The van der Waals surface area contributed by atoms with E-state index >= 15 is 0 Å². The van der Waals surface area contributed by atoms with Gasteiger partial charge in [-0.05, 0) is 42.7 Å². The molecule has 0 nitrogen and oxygen atoms in total. The summed E-state index contributed by atoms with van der Waals surface area (Å²) >= 11 is 5.36. The summed E-state index contributed by atoms with van der Waals surface area (Å²) in [7, 11) is 0. The third kappa shape index (κ3) is 3.18. The lowest BCUT2D eigenvalue weighted by atomic mass is 10.1. The van der Waals surface area contributed by atoms with Crippen molar-refractivity contribution in [2.75, 3.05) is 0 Å². The number of hydrogen-bond acceptors (Lipinski definition) is 1. The molecule has 2 rings (SSSR count). The molecule has 1 aromatic heterocycles. The quantitative estimate of drug-likeness (QED) is 0.670. The van der Waals surface area contributed by atoms with E-state index < -0.39 is 11.6 Å². The highest BCUT2D eigenvalue weighted by Crippen LogP contribution is 2.32. The van der Waals surface area contributed by atoms with E-state index in [4.69, 9.17) is 0 Å². The lowest BCUT2D eigenvalue weighted by Gasteiger charge is -2.08. The summed E-state index contributed by atoms with van der Waals surface area (Å²) < 4.78 is 25.9. The Morgan fingerprint density at radius 2 is 1.94 bits per heavy atom. The van der Waals surface area contributed by atoms with Gasteiger partial charge < -0.3 is 0 Å². The second-order valence-electron chi connectivity index (χ2n) is 4.08. The van der Waals surface area contributed by atoms with Crippen molar-refractivity contribution >= 4 is 27.3 Å². The summed E-state index contributed by atoms with van der Waals surface area (Å²) in [5.74, 6) is -1.58. The summed E-state index contributed by atoms with van der Waals surface area (Å²) in [6.07, 6.45) is 1.68. The molecule has 1 unspecified atom stereocenters. The molecule has 0 aliphatic rings. The van der Waals surface area contributed by atoms with E-state index in [9.17, 15) is 8.78 Å². The Labute approximate surface area is 118 Å². The molecule has 0 amide bonds. The lowest BCUT2D eigenvalue weighted by molar-refractivity contribution is 0.507. The van der Waals surface area contributed by atoms with E-state index in [2.05, 4.69) is 35.0 Å². The predicted molar refractivity (Wildman–Crippen MR) is 75.4 cm³/mol. The van der Waals surface area contributed by atoms with Crippen molar-refractivity contribution in [3.05, 3.63) is 57.3 Å². The first-order chi connectivity index (χ1) is 8.60. The van der Waals surface area contributed by atoms with Gasteiger partial charge >= 0.3 is 0 Å². The normalized spacial score (nSPS) is 12.7. The van der Waals surface area contributed by atoms with Crippen LogP contribution >= 0.6 is 27.3 Å². The Morgan fingerprint density at radius 3 is 2.56 bits per heavy atom. The number of thiophene rings is 1. The van der Waals surface area contributed by atoms with Gasteiger partial charge in [-0.1, -0.05) is 28.9 Å². The van der Waals surface area contributed by atoms with Crippen LogP contribution in [0.25, 0.3) is 0 Å². The molecule has 1 aromatic carbocycles. The highest BCUT2D eigenvalue weighted by Gasteiger charge is 2.12. The van der Waals surface area contributed by atoms with Crippen molar-refractivity contribution in [1.29, 1.82) is 0 Å². The molecule has 4 heteroatoms. The molecule has 0 spiro atoms. The number of alkyl halides is 1. The molecule has 1 heterocycles. The number of halogens is 3. The molecule has 2 aromatic rings. The fourth-order valence-corrected chi connectivity index (χ4v) is 3.46. The molecule has 96 valence electrons. The van der Waals surface area contributed by atoms with E-state index in [1.165, 1.54) is 21.9 Å². The molecule has 18 heavy (non-hydrogen) atoms. The van der Waals surface area contributed by atoms with Crippen LogP contribution in [0.5, 0.6) is 0 Å². The molecule has 0 fully saturated rings. The second-order valence-corrected chi connectivity index (χ2v) is 6.38. The maximum atomic E-state index is 13.1. The Balaban J connectivity index is 2.10. The van der Waals surface area contributed by atoms with Gasteiger partial charge in [0.1, 0.15) is 0 Å². The van der Waals surface area contributed by atoms with Crippen LogP contribution in [0.4, 0.5) is 8.78 Å². The zero-order valence-electron chi connectivity index (χ0n) is 9.92. The fraction of sp³-hybridized carbons (Fsp3) is 0.286. The van der Waals surface area contributed by atoms with E-state index in [-0.39, 0.29) is 4.83 Å². The minimum absolute atomic E-state index is 0.146. The van der Waals surface area contributed by atoms with Gasteiger partial charge in [0.2, 0.25) is 0 Å². The van der Waals surface area contributed by atoms with Gasteiger partial charge in [-0.25, -0.2) is 8.78 Å². The van der Waals surface area contributed by atoms with Crippen LogP contribution in [0, 0.1) is 11.6 Å². The van der Waals surface area contributed by atoms with E-state index in [0.29, 0.717) is 6.42 Å². The average Bonchev–Trinajstić information content (AvgIpc) is 2.82. The number of hydrogen-bond donors (Lipinski definition) is 0. The van der Waals surface area contributed by atoms with Crippen LogP contribution < -0.4 is 0 Å². The monoisotopic (exact) mass is 330 g/mol. The van der Waals surface area contributed by atoms with Gasteiger partial charge in [0, 0.05) is 9.75 Å². The van der Waals surface area contributed by atoms with Crippen molar-refractivity contribution in [1.82, 2.24) is 0 Å². The van der Waals surface area contributed by atoms with Gasteiger partial charge in [-0.15, -0.1) is 11.3 Å². The largest absolute Gasteiger partial charge is 0.204 e. The highest BCUT2D eigenvalue weighted by molar-refractivity contribution is 9.09. The summed E-state index contributed by atoms with van der Waals surface area (Å²) in [5.41, 5.74) is 0.794. The molecular formula is C14H13BrF2S. The first-order valence-corrected chi connectivity index (χ1v) is 7.50. The smallest absolute Gasteiger partial charge is 0.159 e. The summed E-state index contributed by atoms with van der Waals surface area (Å²) in [4.78, 5) is 2.70. The van der Waals surface area contributed by atoms with Crippen molar-refractivity contribution in [2.24, 2.45) is 0 Å². The first kappa shape index (κ1) is 13.7. The Hall–Kier alpha value is -0.740.